The van der Waals surface area contributed by atoms with Crippen molar-refractivity contribution in [3.05, 3.63) is 0 Å². The quantitative estimate of drug-likeness (QED) is 0.777. The molecule has 1 heterocycles. The van der Waals surface area contributed by atoms with Gasteiger partial charge in [-0.05, 0) is 65.2 Å². The number of ether oxygens (including phenoxy) is 2. The van der Waals surface area contributed by atoms with E-state index in [1.54, 1.807) is 25.7 Å². The van der Waals surface area contributed by atoms with E-state index in [1.807, 2.05) is 0 Å². The summed E-state index contributed by atoms with van der Waals surface area (Å²) in [7, 11) is 0. The molecule has 3 fully saturated rings. The first-order valence-corrected chi connectivity index (χ1v) is 9.93. The number of carbonyl (C=O) groups excluding carboxylic acids is 2. The van der Waals surface area contributed by atoms with Gasteiger partial charge in [0.15, 0.2) is 0 Å². The number of hydrogen-bond donors (Lipinski definition) is 1. The third kappa shape index (κ3) is 5.52. The Labute approximate surface area is 163 Å². The van der Waals surface area contributed by atoms with Crippen LogP contribution in [0.2, 0.25) is 0 Å². The second kappa shape index (κ2) is 7.72. The summed E-state index contributed by atoms with van der Waals surface area (Å²) >= 11 is 0. The lowest BCUT2D eigenvalue weighted by Crippen LogP contribution is -2.52. The third-order valence-corrected chi connectivity index (χ3v) is 5.47. The van der Waals surface area contributed by atoms with Crippen molar-refractivity contribution >= 4 is 12.0 Å². The number of piperidine rings is 1. The highest BCUT2D eigenvalue weighted by Gasteiger charge is 2.57. The summed E-state index contributed by atoms with van der Waals surface area (Å²) in [5, 5.41) is 2.93. The zero-order valence-electron chi connectivity index (χ0n) is 16.6. The van der Waals surface area contributed by atoms with Gasteiger partial charge in [0.1, 0.15) is 18.2 Å². The van der Waals surface area contributed by atoms with Crippen molar-refractivity contribution in [1.82, 2.24) is 10.2 Å². The normalized spacial score (nSPS) is 32.6. The maximum Gasteiger partial charge on any atom is 0.411 e. The number of alkyl halides is 3. The van der Waals surface area contributed by atoms with Crippen LogP contribution in [-0.2, 0) is 14.3 Å². The van der Waals surface area contributed by atoms with Gasteiger partial charge < -0.3 is 14.8 Å². The van der Waals surface area contributed by atoms with Gasteiger partial charge in [-0.15, -0.1) is 0 Å². The zero-order chi connectivity index (χ0) is 20.7. The minimum atomic E-state index is -4.35. The van der Waals surface area contributed by atoms with Crippen molar-refractivity contribution in [2.75, 3.05) is 6.61 Å². The molecule has 2 amide bonds. The molecule has 0 aromatic rings. The summed E-state index contributed by atoms with van der Waals surface area (Å²) in [5.74, 6) is 0.0806. The Hall–Kier alpha value is -1.51. The first-order chi connectivity index (χ1) is 12.9. The fourth-order valence-electron chi connectivity index (χ4n) is 4.20. The molecule has 2 saturated carbocycles. The monoisotopic (exact) mass is 406 g/mol. The topological polar surface area (TPSA) is 67.9 Å². The fourth-order valence-corrected chi connectivity index (χ4v) is 4.20. The van der Waals surface area contributed by atoms with Crippen LogP contribution >= 0.6 is 0 Å². The van der Waals surface area contributed by atoms with E-state index in [4.69, 9.17) is 9.47 Å². The molecule has 2 unspecified atom stereocenters. The highest BCUT2D eigenvalue weighted by Crippen LogP contribution is 2.48. The SMILES string of the molecule is CC(C)(C)OC(=O)N1[C@@H]2C[C@@H]2C[C@H]1C(=O)NC1CCCC(OCC(F)(F)F)C1. The van der Waals surface area contributed by atoms with Crippen LogP contribution in [0.25, 0.3) is 0 Å². The second-order valence-corrected chi connectivity index (χ2v) is 9.12. The third-order valence-electron chi connectivity index (χ3n) is 5.47. The summed E-state index contributed by atoms with van der Waals surface area (Å²) in [6, 6.07) is -0.758. The lowest BCUT2D eigenvalue weighted by atomic mass is 9.92. The van der Waals surface area contributed by atoms with Gasteiger partial charge in [-0.2, -0.15) is 13.2 Å². The molecular formula is C19H29F3N2O4. The van der Waals surface area contributed by atoms with Crippen LogP contribution in [0, 0.1) is 5.92 Å². The van der Waals surface area contributed by atoms with Crippen LogP contribution in [-0.4, -0.2) is 59.5 Å². The first kappa shape index (κ1) is 21.2. The lowest BCUT2D eigenvalue weighted by molar-refractivity contribution is -0.188. The Balaban J connectivity index is 1.54. The number of carbonyl (C=O) groups is 2. The highest BCUT2D eigenvalue weighted by atomic mass is 19.4. The molecule has 0 bridgehead atoms. The predicted octanol–water partition coefficient (Wildman–Crippen LogP) is 3.39. The van der Waals surface area contributed by atoms with Crippen molar-refractivity contribution in [2.24, 2.45) is 5.92 Å². The minimum absolute atomic E-state index is 0.0554. The molecule has 6 nitrogen and oxygen atoms in total. The van der Waals surface area contributed by atoms with E-state index in [9.17, 15) is 22.8 Å². The minimum Gasteiger partial charge on any atom is -0.444 e. The van der Waals surface area contributed by atoms with Gasteiger partial charge in [-0.3, -0.25) is 9.69 Å². The predicted molar refractivity (Wildman–Crippen MR) is 94.6 cm³/mol. The van der Waals surface area contributed by atoms with E-state index in [1.165, 1.54) is 0 Å². The van der Waals surface area contributed by atoms with Crippen LogP contribution in [0.15, 0.2) is 0 Å². The number of likely N-dealkylation sites (tertiary alicyclic amines) is 1. The number of rotatable bonds is 4. The van der Waals surface area contributed by atoms with Gasteiger partial charge in [0.2, 0.25) is 5.91 Å². The molecule has 2 aliphatic carbocycles. The summed E-state index contributed by atoms with van der Waals surface area (Å²) in [5.41, 5.74) is -0.641. The van der Waals surface area contributed by atoms with Gasteiger partial charge in [-0.25, -0.2) is 4.79 Å². The molecule has 0 spiro atoms. The molecule has 160 valence electrons. The molecule has 9 heteroatoms. The van der Waals surface area contributed by atoms with Gasteiger partial charge in [0, 0.05) is 12.1 Å². The van der Waals surface area contributed by atoms with Crippen molar-refractivity contribution in [2.45, 2.75) is 95.3 Å². The molecule has 5 atom stereocenters. The average molecular weight is 406 g/mol. The largest absolute Gasteiger partial charge is 0.444 e. The Morgan fingerprint density at radius 1 is 1.11 bits per heavy atom. The van der Waals surface area contributed by atoms with Crippen molar-refractivity contribution in [3.63, 3.8) is 0 Å². The Morgan fingerprint density at radius 3 is 2.46 bits per heavy atom. The van der Waals surface area contributed by atoms with Gasteiger partial charge >= 0.3 is 12.3 Å². The van der Waals surface area contributed by atoms with E-state index in [0.717, 1.165) is 6.42 Å². The lowest BCUT2D eigenvalue weighted by Gasteiger charge is -2.33. The summed E-state index contributed by atoms with van der Waals surface area (Å²) in [6.07, 6.45) is -1.55. The standard InChI is InChI=1S/C19H29F3N2O4/c1-18(2,3)28-17(26)24-14-7-11(14)8-15(24)16(25)23-12-5-4-6-13(9-12)27-10-19(20,21)22/h11-15H,4-10H2,1-3H3,(H,23,25)/t11-,12?,13?,14-,15+/m1/s1. The summed E-state index contributed by atoms with van der Waals surface area (Å²) in [6.45, 7) is 4.08. The van der Waals surface area contributed by atoms with Gasteiger partial charge in [-0.1, -0.05) is 0 Å². The maximum absolute atomic E-state index is 12.8. The molecule has 3 rings (SSSR count). The van der Waals surface area contributed by atoms with E-state index >= 15 is 0 Å². The number of nitrogens with zero attached hydrogens (tertiary/aromatic N) is 1. The van der Waals surface area contributed by atoms with Crippen LogP contribution in [0.5, 0.6) is 0 Å². The maximum atomic E-state index is 12.8. The Morgan fingerprint density at radius 2 is 1.82 bits per heavy atom. The smallest absolute Gasteiger partial charge is 0.411 e. The van der Waals surface area contributed by atoms with E-state index in [-0.39, 0.29) is 18.0 Å². The second-order valence-electron chi connectivity index (χ2n) is 9.12. The van der Waals surface area contributed by atoms with Crippen LogP contribution in [0.1, 0.15) is 59.3 Å². The van der Waals surface area contributed by atoms with Crippen molar-refractivity contribution < 1.29 is 32.2 Å². The number of nitrogens with one attached hydrogen (secondary N) is 1. The van der Waals surface area contributed by atoms with E-state index in [2.05, 4.69) is 5.32 Å². The first-order valence-electron chi connectivity index (χ1n) is 9.93. The molecule has 0 aromatic heterocycles. The number of halogens is 3. The van der Waals surface area contributed by atoms with Crippen molar-refractivity contribution in [1.29, 1.82) is 0 Å². The van der Waals surface area contributed by atoms with Crippen LogP contribution in [0.3, 0.4) is 0 Å². The van der Waals surface area contributed by atoms with Crippen molar-refractivity contribution in [3.8, 4) is 0 Å². The molecule has 0 radical (unpaired) electrons. The number of fused-ring (bicyclic) bond motifs is 1. The Bertz CT molecular complexity index is 605. The Kier molecular flexibility index (Phi) is 5.85. The molecule has 3 aliphatic rings. The zero-order valence-corrected chi connectivity index (χ0v) is 16.6. The summed E-state index contributed by atoms with van der Waals surface area (Å²) < 4.78 is 47.5. The average Bonchev–Trinajstić information content (AvgIpc) is 3.20. The van der Waals surface area contributed by atoms with E-state index in [0.29, 0.717) is 38.0 Å². The molecule has 0 aromatic carbocycles. The van der Waals surface area contributed by atoms with E-state index < -0.39 is 36.6 Å². The van der Waals surface area contributed by atoms with Gasteiger partial charge in [0.05, 0.1) is 6.10 Å². The molecule has 1 aliphatic heterocycles. The molecule has 1 saturated heterocycles. The highest BCUT2D eigenvalue weighted by molar-refractivity contribution is 5.87. The summed E-state index contributed by atoms with van der Waals surface area (Å²) in [4.78, 5) is 26.9. The molecular weight excluding hydrogens is 377 g/mol. The fraction of sp³-hybridized carbons (Fsp3) is 0.895. The molecule has 28 heavy (non-hydrogen) atoms. The number of amides is 2. The van der Waals surface area contributed by atoms with Crippen LogP contribution in [0.4, 0.5) is 18.0 Å². The molecule has 1 N–H and O–H groups in total. The number of hydrogen-bond acceptors (Lipinski definition) is 4. The van der Waals surface area contributed by atoms with Gasteiger partial charge in [0.25, 0.3) is 0 Å². The van der Waals surface area contributed by atoms with Crippen LogP contribution < -0.4 is 5.32 Å².